The van der Waals surface area contributed by atoms with Crippen LogP contribution in [0, 0.1) is 5.92 Å². The summed E-state index contributed by atoms with van der Waals surface area (Å²) in [4.78, 5) is 0. The van der Waals surface area contributed by atoms with Crippen LogP contribution in [-0.2, 0) is 13.0 Å². The monoisotopic (exact) mass is 241 g/mol. The Morgan fingerprint density at radius 2 is 2.12 bits per heavy atom. The summed E-state index contributed by atoms with van der Waals surface area (Å²) in [6.45, 7) is 8.30. The van der Waals surface area contributed by atoms with Crippen LogP contribution in [-0.4, -0.2) is 16.7 Å². The molecule has 4 heteroatoms. The standard InChI is InChI=1S/C12H20ClN3/c1-4-5-10-6-12(13)16-15-11(10)8-14-7-9(2)3/h6,9,14H,4-5,7-8H2,1-3H3. The van der Waals surface area contributed by atoms with Crippen molar-refractivity contribution in [3.05, 3.63) is 22.5 Å². The van der Waals surface area contributed by atoms with Crippen LogP contribution in [0.15, 0.2) is 6.07 Å². The van der Waals surface area contributed by atoms with Gasteiger partial charge in [-0.05, 0) is 30.5 Å². The molecule has 0 amide bonds. The Morgan fingerprint density at radius 1 is 1.38 bits per heavy atom. The molecule has 16 heavy (non-hydrogen) atoms. The zero-order valence-corrected chi connectivity index (χ0v) is 11.0. The zero-order chi connectivity index (χ0) is 12.0. The zero-order valence-electron chi connectivity index (χ0n) is 10.3. The summed E-state index contributed by atoms with van der Waals surface area (Å²) in [5.74, 6) is 0.648. The minimum absolute atomic E-state index is 0.482. The van der Waals surface area contributed by atoms with E-state index in [0.29, 0.717) is 11.1 Å². The molecule has 0 aliphatic rings. The highest BCUT2D eigenvalue weighted by molar-refractivity contribution is 6.29. The van der Waals surface area contributed by atoms with E-state index in [-0.39, 0.29) is 0 Å². The highest BCUT2D eigenvalue weighted by Gasteiger charge is 2.05. The molecule has 0 unspecified atom stereocenters. The maximum atomic E-state index is 5.84. The number of hydrogen-bond donors (Lipinski definition) is 1. The summed E-state index contributed by atoms with van der Waals surface area (Å²) >= 11 is 5.84. The minimum Gasteiger partial charge on any atom is -0.311 e. The maximum absolute atomic E-state index is 5.84. The Morgan fingerprint density at radius 3 is 2.75 bits per heavy atom. The Labute approximate surface area is 103 Å². The number of nitrogens with one attached hydrogen (secondary N) is 1. The average molecular weight is 242 g/mol. The van der Waals surface area contributed by atoms with Gasteiger partial charge >= 0.3 is 0 Å². The van der Waals surface area contributed by atoms with Gasteiger partial charge in [0.15, 0.2) is 5.15 Å². The summed E-state index contributed by atoms with van der Waals surface area (Å²) < 4.78 is 0. The van der Waals surface area contributed by atoms with Crippen LogP contribution >= 0.6 is 11.6 Å². The van der Waals surface area contributed by atoms with E-state index in [2.05, 4.69) is 36.3 Å². The molecule has 0 fully saturated rings. The Kier molecular flexibility index (Phi) is 5.71. The third kappa shape index (κ3) is 4.45. The van der Waals surface area contributed by atoms with E-state index in [4.69, 9.17) is 11.6 Å². The van der Waals surface area contributed by atoms with Crippen molar-refractivity contribution >= 4 is 11.6 Å². The topological polar surface area (TPSA) is 37.8 Å². The molecule has 0 atom stereocenters. The molecular weight excluding hydrogens is 222 g/mol. The Hall–Kier alpha value is -0.670. The lowest BCUT2D eigenvalue weighted by Crippen LogP contribution is -2.21. The maximum Gasteiger partial charge on any atom is 0.152 e. The van der Waals surface area contributed by atoms with Gasteiger partial charge in [0.25, 0.3) is 0 Å². The molecular formula is C12H20ClN3. The van der Waals surface area contributed by atoms with E-state index in [1.165, 1.54) is 5.56 Å². The molecule has 1 aromatic heterocycles. The predicted octanol–water partition coefficient (Wildman–Crippen LogP) is 2.83. The van der Waals surface area contributed by atoms with Crippen LogP contribution in [0.4, 0.5) is 0 Å². The highest BCUT2D eigenvalue weighted by atomic mass is 35.5. The van der Waals surface area contributed by atoms with E-state index in [9.17, 15) is 0 Å². The van der Waals surface area contributed by atoms with E-state index in [1.54, 1.807) is 0 Å². The van der Waals surface area contributed by atoms with Gasteiger partial charge in [-0.1, -0.05) is 38.8 Å². The fourth-order valence-corrected chi connectivity index (χ4v) is 1.71. The van der Waals surface area contributed by atoms with Gasteiger partial charge < -0.3 is 5.32 Å². The van der Waals surface area contributed by atoms with Gasteiger partial charge in [0.05, 0.1) is 5.69 Å². The number of halogens is 1. The van der Waals surface area contributed by atoms with Gasteiger partial charge in [-0.25, -0.2) is 0 Å². The summed E-state index contributed by atoms with van der Waals surface area (Å²) in [5, 5.41) is 11.9. The van der Waals surface area contributed by atoms with Crippen LogP contribution in [0.3, 0.4) is 0 Å². The van der Waals surface area contributed by atoms with Crippen molar-refractivity contribution in [3.8, 4) is 0 Å². The van der Waals surface area contributed by atoms with E-state index >= 15 is 0 Å². The van der Waals surface area contributed by atoms with E-state index < -0.39 is 0 Å². The first-order valence-electron chi connectivity index (χ1n) is 5.85. The molecule has 1 heterocycles. The van der Waals surface area contributed by atoms with Crippen molar-refractivity contribution in [2.75, 3.05) is 6.54 Å². The fourth-order valence-electron chi connectivity index (χ4n) is 1.54. The molecule has 0 radical (unpaired) electrons. The Bertz CT molecular complexity index is 326. The van der Waals surface area contributed by atoms with Gasteiger partial charge in [-0.2, -0.15) is 5.10 Å². The van der Waals surface area contributed by atoms with Gasteiger partial charge in [-0.15, -0.1) is 5.10 Å². The number of hydrogen-bond acceptors (Lipinski definition) is 3. The van der Waals surface area contributed by atoms with Gasteiger partial charge in [0, 0.05) is 6.54 Å². The van der Waals surface area contributed by atoms with Crippen molar-refractivity contribution in [1.82, 2.24) is 15.5 Å². The van der Waals surface area contributed by atoms with E-state index in [0.717, 1.165) is 31.6 Å². The molecule has 0 aliphatic heterocycles. The second-order valence-corrected chi connectivity index (χ2v) is 4.80. The van der Waals surface area contributed by atoms with Crippen molar-refractivity contribution in [2.24, 2.45) is 5.92 Å². The van der Waals surface area contributed by atoms with Crippen molar-refractivity contribution in [3.63, 3.8) is 0 Å². The second kappa shape index (κ2) is 6.81. The summed E-state index contributed by atoms with van der Waals surface area (Å²) in [5.41, 5.74) is 2.23. The lowest BCUT2D eigenvalue weighted by atomic mass is 10.1. The first-order valence-corrected chi connectivity index (χ1v) is 6.23. The van der Waals surface area contributed by atoms with Gasteiger partial charge in [0.1, 0.15) is 0 Å². The normalized spacial score (nSPS) is 11.1. The van der Waals surface area contributed by atoms with Crippen LogP contribution < -0.4 is 5.32 Å². The van der Waals surface area contributed by atoms with Crippen LogP contribution in [0.5, 0.6) is 0 Å². The fraction of sp³-hybridized carbons (Fsp3) is 0.667. The van der Waals surface area contributed by atoms with Crippen LogP contribution in [0.2, 0.25) is 5.15 Å². The van der Waals surface area contributed by atoms with Crippen molar-refractivity contribution in [2.45, 2.75) is 40.2 Å². The summed E-state index contributed by atoms with van der Waals surface area (Å²) in [6.07, 6.45) is 2.10. The molecule has 0 saturated heterocycles. The minimum atomic E-state index is 0.482. The second-order valence-electron chi connectivity index (χ2n) is 4.41. The molecule has 3 nitrogen and oxygen atoms in total. The molecule has 0 bridgehead atoms. The van der Waals surface area contributed by atoms with Crippen LogP contribution in [0.25, 0.3) is 0 Å². The summed E-state index contributed by atoms with van der Waals surface area (Å²) in [6, 6.07) is 1.92. The Balaban J connectivity index is 2.63. The smallest absolute Gasteiger partial charge is 0.152 e. The molecule has 1 N–H and O–H groups in total. The number of nitrogens with zero attached hydrogens (tertiary/aromatic N) is 2. The molecule has 0 aromatic carbocycles. The highest BCUT2D eigenvalue weighted by Crippen LogP contribution is 2.12. The first-order chi connectivity index (χ1) is 7.63. The number of aryl methyl sites for hydroxylation is 1. The number of aromatic nitrogens is 2. The molecule has 0 spiro atoms. The summed E-state index contributed by atoms with van der Waals surface area (Å²) in [7, 11) is 0. The first kappa shape index (κ1) is 13.4. The largest absolute Gasteiger partial charge is 0.311 e. The predicted molar refractivity (Wildman–Crippen MR) is 67.6 cm³/mol. The van der Waals surface area contributed by atoms with Crippen LogP contribution in [0.1, 0.15) is 38.4 Å². The SMILES string of the molecule is CCCc1cc(Cl)nnc1CNCC(C)C. The molecule has 1 rings (SSSR count). The van der Waals surface area contributed by atoms with Gasteiger partial charge in [0.2, 0.25) is 0 Å². The average Bonchev–Trinajstić information content (AvgIpc) is 2.21. The molecule has 0 aliphatic carbocycles. The molecule has 0 saturated carbocycles. The third-order valence-corrected chi connectivity index (χ3v) is 2.48. The molecule has 90 valence electrons. The number of rotatable bonds is 6. The quantitative estimate of drug-likeness (QED) is 0.832. The van der Waals surface area contributed by atoms with Crippen molar-refractivity contribution in [1.29, 1.82) is 0 Å². The van der Waals surface area contributed by atoms with Gasteiger partial charge in [-0.3, -0.25) is 0 Å². The molecule has 1 aromatic rings. The lowest BCUT2D eigenvalue weighted by Gasteiger charge is -2.10. The van der Waals surface area contributed by atoms with E-state index in [1.807, 2.05) is 6.07 Å². The third-order valence-electron chi connectivity index (χ3n) is 2.29. The lowest BCUT2D eigenvalue weighted by molar-refractivity contribution is 0.543. The van der Waals surface area contributed by atoms with Crippen molar-refractivity contribution < 1.29 is 0 Å².